The zero-order chi connectivity index (χ0) is 33.1. The molecule has 1 aromatic heterocycles. The van der Waals surface area contributed by atoms with Gasteiger partial charge in [0.1, 0.15) is 70.9 Å². The molecule has 3 aromatic rings. The van der Waals surface area contributed by atoms with Gasteiger partial charge in [0.15, 0.2) is 0 Å². The first-order chi connectivity index (χ1) is 22.0. The Balaban J connectivity index is 1.37. The smallest absolute Gasteiger partial charge is 0.134 e. The molecule has 2 fully saturated rings. The monoisotopic (exact) mass is 666 g/mol. The van der Waals surface area contributed by atoms with Crippen LogP contribution in [0.1, 0.15) is 11.6 Å². The Morgan fingerprint density at radius 3 is 2.22 bits per heavy atom. The number of hydrazine groups is 1. The van der Waals surface area contributed by atoms with Crippen LogP contribution < -0.4 is 11.2 Å². The van der Waals surface area contributed by atoms with Crippen LogP contribution in [-0.2, 0) is 9.47 Å². The summed E-state index contributed by atoms with van der Waals surface area (Å²) in [6.07, 6.45) is -5.43. The molecule has 0 saturated carbocycles. The second-order valence-electron chi connectivity index (χ2n) is 11.0. The van der Waals surface area contributed by atoms with E-state index in [1.54, 1.807) is 12.1 Å². The van der Waals surface area contributed by atoms with E-state index in [2.05, 4.69) is 15.6 Å². The molecule has 2 aromatic carbocycles. The summed E-state index contributed by atoms with van der Waals surface area (Å²) in [4.78, 5) is 0. The molecule has 6 unspecified atom stereocenters. The zero-order valence-corrected chi connectivity index (χ0v) is 25.3. The Morgan fingerprint density at radius 2 is 1.59 bits per heavy atom. The average Bonchev–Trinajstić information content (AvgIpc) is 3.51. The van der Waals surface area contributed by atoms with Crippen molar-refractivity contribution in [3.8, 4) is 11.3 Å². The molecule has 0 bridgehead atoms. The number of nitrogens with zero attached hydrogens (tertiary/aromatic N) is 4. The standard InChI is InChI=1S/C29H36F2N6O8S/c1-36(32)19(15-5-3-7-17(31)9-15)10-33-22-24(40)20(12-38)44-28(26(22)42)46-29-27(43)23(25(41)21(13-39)45-29)37-11-18(34-35-37)14-4-2-6-16(30)8-14/h2-11,20-29,33,38-43H,12-13,32H2,1H3/b19-10-/t20?,21-,22?,23?,24+,25?,26?,27-,28+,29?/m1/s1. The third-order valence-electron chi connectivity index (χ3n) is 7.85. The van der Waals surface area contributed by atoms with Gasteiger partial charge in [0, 0.05) is 24.4 Å². The van der Waals surface area contributed by atoms with Crippen molar-refractivity contribution in [1.29, 1.82) is 0 Å². The van der Waals surface area contributed by atoms with Gasteiger partial charge < -0.3 is 50.4 Å². The minimum Gasteiger partial charge on any atom is -0.394 e. The first-order valence-electron chi connectivity index (χ1n) is 14.3. The van der Waals surface area contributed by atoms with Gasteiger partial charge in [0.25, 0.3) is 0 Å². The predicted octanol–water partition coefficient (Wildman–Crippen LogP) is -0.862. The quantitative estimate of drug-likeness (QED) is 0.0978. The number of nitrogens with two attached hydrogens (primary N) is 1. The van der Waals surface area contributed by atoms with E-state index in [-0.39, 0.29) is 5.69 Å². The molecule has 2 saturated heterocycles. The van der Waals surface area contributed by atoms with Gasteiger partial charge in [0.2, 0.25) is 0 Å². The Hall–Kier alpha value is -3.23. The van der Waals surface area contributed by atoms with E-state index in [1.165, 1.54) is 65.5 Å². The highest BCUT2D eigenvalue weighted by Gasteiger charge is 2.50. The predicted molar refractivity (Wildman–Crippen MR) is 161 cm³/mol. The summed E-state index contributed by atoms with van der Waals surface area (Å²) in [6, 6.07) is 8.93. The summed E-state index contributed by atoms with van der Waals surface area (Å²) in [5.41, 5.74) is -1.04. The van der Waals surface area contributed by atoms with Gasteiger partial charge in [0.05, 0.1) is 31.1 Å². The van der Waals surface area contributed by atoms with E-state index in [1.807, 2.05) is 0 Å². The van der Waals surface area contributed by atoms with Crippen LogP contribution in [0.5, 0.6) is 0 Å². The number of benzene rings is 2. The van der Waals surface area contributed by atoms with Crippen LogP contribution >= 0.6 is 11.8 Å². The minimum atomic E-state index is -1.50. The maximum Gasteiger partial charge on any atom is 0.134 e. The second-order valence-corrected chi connectivity index (χ2v) is 12.2. The molecule has 5 rings (SSSR count). The number of nitrogens with one attached hydrogen (secondary N) is 1. The van der Waals surface area contributed by atoms with Crippen LogP contribution in [0.15, 0.2) is 60.9 Å². The van der Waals surface area contributed by atoms with Crippen LogP contribution in [0.4, 0.5) is 8.78 Å². The highest BCUT2D eigenvalue weighted by Crippen LogP contribution is 2.40. The molecule has 0 amide bonds. The summed E-state index contributed by atoms with van der Waals surface area (Å²) >= 11 is 0.801. The van der Waals surface area contributed by atoms with Crippen molar-refractivity contribution in [2.24, 2.45) is 5.84 Å². The fourth-order valence-corrected chi connectivity index (χ4v) is 6.77. The van der Waals surface area contributed by atoms with Gasteiger partial charge in [-0.25, -0.2) is 19.3 Å². The van der Waals surface area contributed by atoms with Crippen molar-refractivity contribution in [1.82, 2.24) is 25.3 Å². The lowest BCUT2D eigenvalue weighted by Crippen LogP contribution is -2.63. The molecular weight excluding hydrogens is 630 g/mol. The van der Waals surface area contributed by atoms with Gasteiger partial charge >= 0.3 is 0 Å². The first-order valence-corrected chi connectivity index (χ1v) is 15.2. The summed E-state index contributed by atoms with van der Waals surface area (Å²) < 4.78 is 40.5. The maximum atomic E-state index is 13.9. The van der Waals surface area contributed by atoms with Crippen LogP contribution in [0.2, 0.25) is 0 Å². The number of halogens is 2. The van der Waals surface area contributed by atoms with Crippen molar-refractivity contribution in [2.75, 3.05) is 20.3 Å². The molecule has 0 aliphatic carbocycles. The van der Waals surface area contributed by atoms with E-state index in [0.717, 1.165) is 11.8 Å². The Kier molecular flexibility index (Phi) is 10.9. The van der Waals surface area contributed by atoms with Crippen molar-refractivity contribution in [3.05, 3.63) is 78.1 Å². The molecule has 2 aliphatic heterocycles. The van der Waals surface area contributed by atoms with Gasteiger partial charge in [-0.2, -0.15) is 0 Å². The molecule has 17 heteroatoms. The van der Waals surface area contributed by atoms with Gasteiger partial charge in [-0.15, -0.1) is 5.10 Å². The van der Waals surface area contributed by atoms with Gasteiger partial charge in [-0.05, 0) is 24.3 Å². The topological polar surface area (TPSA) is 212 Å². The van der Waals surface area contributed by atoms with Crippen LogP contribution in [0.25, 0.3) is 17.0 Å². The molecule has 250 valence electrons. The van der Waals surface area contributed by atoms with Crippen LogP contribution in [0, 0.1) is 11.6 Å². The van der Waals surface area contributed by atoms with E-state index < -0.39 is 84.4 Å². The number of aliphatic hydroxyl groups is 6. The van der Waals surface area contributed by atoms with Crippen molar-refractivity contribution >= 4 is 17.5 Å². The van der Waals surface area contributed by atoms with Crippen LogP contribution in [-0.4, -0.2) is 124 Å². The molecule has 9 N–H and O–H groups in total. The van der Waals surface area contributed by atoms with E-state index in [4.69, 9.17) is 15.3 Å². The Morgan fingerprint density at radius 1 is 0.957 bits per heavy atom. The number of hydrogen-bond acceptors (Lipinski definition) is 14. The second kappa shape index (κ2) is 14.7. The molecule has 0 radical (unpaired) electrons. The Bertz CT molecular complexity index is 1500. The molecule has 46 heavy (non-hydrogen) atoms. The van der Waals surface area contributed by atoms with Crippen molar-refractivity contribution in [2.45, 2.75) is 59.6 Å². The van der Waals surface area contributed by atoms with E-state index in [0.29, 0.717) is 16.8 Å². The van der Waals surface area contributed by atoms with Crippen molar-refractivity contribution < 1.29 is 48.9 Å². The molecule has 10 atom stereocenters. The normalized spacial score (nSPS) is 31.9. The van der Waals surface area contributed by atoms with Crippen molar-refractivity contribution in [3.63, 3.8) is 0 Å². The first kappa shape index (κ1) is 34.1. The summed E-state index contributed by atoms with van der Waals surface area (Å²) in [5, 5.41) is 76.7. The van der Waals surface area contributed by atoms with Gasteiger partial charge in [-0.1, -0.05) is 41.2 Å². The molecule has 3 heterocycles. The Labute approximate surface area is 266 Å². The lowest BCUT2D eigenvalue weighted by atomic mass is 9.97. The third kappa shape index (κ3) is 7.18. The number of aromatic nitrogens is 3. The summed E-state index contributed by atoms with van der Waals surface area (Å²) in [6.45, 7) is -1.26. The van der Waals surface area contributed by atoms with E-state index >= 15 is 0 Å². The molecule has 2 aliphatic rings. The lowest BCUT2D eigenvalue weighted by molar-refractivity contribution is -0.184. The minimum absolute atomic E-state index is 0.267. The third-order valence-corrected chi connectivity index (χ3v) is 9.17. The number of rotatable bonds is 10. The summed E-state index contributed by atoms with van der Waals surface area (Å²) in [5.74, 6) is 4.97. The number of hydrogen-bond donors (Lipinski definition) is 8. The maximum absolute atomic E-state index is 13.9. The highest BCUT2D eigenvalue weighted by atomic mass is 32.2. The molecule has 0 spiro atoms. The largest absolute Gasteiger partial charge is 0.394 e. The lowest BCUT2D eigenvalue weighted by Gasteiger charge is -2.46. The van der Waals surface area contributed by atoms with Gasteiger partial charge in [-0.3, -0.25) is 0 Å². The fourth-order valence-electron chi connectivity index (χ4n) is 5.44. The average molecular weight is 667 g/mol. The molecule has 14 nitrogen and oxygen atoms in total. The zero-order valence-electron chi connectivity index (χ0n) is 24.5. The van der Waals surface area contributed by atoms with Crippen LogP contribution in [0.3, 0.4) is 0 Å². The molecular formula is C29H36F2N6O8S. The summed E-state index contributed by atoms with van der Waals surface area (Å²) in [7, 11) is 1.52. The van der Waals surface area contributed by atoms with E-state index in [9.17, 15) is 39.4 Å². The number of aliphatic hydroxyl groups excluding tert-OH is 6. The number of thioether (sulfide) groups is 1. The SMILES string of the molecule is CN(N)/C(=C\NC1C(O)[C@H](SC2O[C@H](CO)C(O)C(n3cc(-c4cccc(F)c4)nn3)[C@H]2O)OC(CO)[C@@H]1O)c1cccc(F)c1. The highest BCUT2D eigenvalue weighted by molar-refractivity contribution is 8.00. The number of ether oxygens (including phenoxy) is 2. The fraction of sp³-hybridized carbons (Fsp3) is 0.448.